The number of nitrogens with one attached hydrogen (secondary N) is 1. The highest BCUT2D eigenvalue weighted by atomic mass is 32.1. The van der Waals surface area contributed by atoms with Crippen molar-refractivity contribution in [3.05, 3.63) is 16.1 Å². The topological polar surface area (TPSA) is 77.5 Å². The summed E-state index contributed by atoms with van der Waals surface area (Å²) < 4.78 is 10.1. The molecule has 0 bridgehead atoms. The fourth-order valence-corrected chi connectivity index (χ4v) is 2.46. The second kappa shape index (κ2) is 7.40. The minimum absolute atomic E-state index is 0.265. The molecule has 1 heterocycles. The van der Waals surface area contributed by atoms with Crippen LogP contribution in [0.3, 0.4) is 0 Å². The van der Waals surface area contributed by atoms with E-state index in [1.54, 1.807) is 33.1 Å². The maximum atomic E-state index is 11.8. The molecular weight excluding hydrogens is 292 g/mol. The molecule has 0 spiro atoms. The van der Waals surface area contributed by atoms with Gasteiger partial charge in [0.1, 0.15) is 10.6 Å². The van der Waals surface area contributed by atoms with E-state index in [0.717, 1.165) is 0 Å². The number of esters is 1. The highest BCUT2D eigenvalue weighted by Crippen LogP contribution is 2.22. The quantitative estimate of drug-likeness (QED) is 0.844. The number of carbonyl (C=O) groups is 2. The van der Waals surface area contributed by atoms with Gasteiger partial charge in [0.25, 0.3) is 0 Å². The SMILES string of the molecule is CCOC(=O)c1csc([C@@H](CC)NC(=O)OC(C)(C)C)n1. The molecule has 0 aliphatic carbocycles. The number of alkyl carbamates (subject to hydrolysis) is 1. The third-order valence-electron chi connectivity index (χ3n) is 2.40. The average molecular weight is 314 g/mol. The molecule has 0 aliphatic rings. The van der Waals surface area contributed by atoms with E-state index in [1.807, 2.05) is 6.92 Å². The predicted octanol–water partition coefficient (Wildman–Crippen LogP) is 3.30. The molecule has 0 radical (unpaired) electrons. The van der Waals surface area contributed by atoms with Crippen LogP contribution in [-0.4, -0.2) is 29.3 Å². The van der Waals surface area contributed by atoms with Gasteiger partial charge in [-0.2, -0.15) is 0 Å². The average Bonchev–Trinajstić information content (AvgIpc) is 2.83. The first-order chi connectivity index (χ1) is 9.76. The Morgan fingerprint density at radius 3 is 2.57 bits per heavy atom. The Morgan fingerprint density at radius 2 is 2.05 bits per heavy atom. The number of thiazole rings is 1. The standard InChI is InChI=1S/C14H22N2O4S/c1-6-9(16-13(18)20-14(3,4)5)11-15-10(8-21-11)12(17)19-7-2/h8-9H,6-7H2,1-5H3,(H,16,18)/t9-/m1/s1. The van der Waals surface area contributed by atoms with Crippen molar-refractivity contribution in [2.75, 3.05) is 6.61 Å². The van der Waals surface area contributed by atoms with Crippen molar-refractivity contribution in [1.29, 1.82) is 0 Å². The van der Waals surface area contributed by atoms with Crippen molar-refractivity contribution in [2.24, 2.45) is 0 Å². The number of hydrogen-bond donors (Lipinski definition) is 1. The molecule has 21 heavy (non-hydrogen) atoms. The summed E-state index contributed by atoms with van der Waals surface area (Å²) in [4.78, 5) is 27.6. The van der Waals surface area contributed by atoms with Gasteiger partial charge in [-0.25, -0.2) is 14.6 Å². The zero-order valence-electron chi connectivity index (χ0n) is 13.1. The van der Waals surface area contributed by atoms with E-state index in [2.05, 4.69) is 10.3 Å². The van der Waals surface area contributed by atoms with Crippen LogP contribution in [0.2, 0.25) is 0 Å². The summed E-state index contributed by atoms with van der Waals surface area (Å²) in [5, 5.41) is 5.05. The van der Waals surface area contributed by atoms with Crippen LogP contribution in [0.25, 0.3) is 0 Å². The summed E-state index contributed by atoms with van der Waals surface area (Å²) in [5.74, 6) is -0.452. The van der Waals surface area contributed by atoms with Crippen LogP contribution in [0.1, 0.15) is 62.6 Å². The third-order valence-corrected chi connectivity index (χ3v) is 3.36. The lowest BCUT2D eigenvalue weighted by Gasteiger charge is -2.22. The fourth-order valence-electron chi connectivity index (χ4n) is 1.53. The van der Waals surface area contributed by atoms with Gasteiger partial charge in [-0.1, -0.05) is 6.92 Å². The number of nitrogens with zero attached hydrogens (tertiary/aromatic N) is 1. The van der Waals surface area contributed by atoms with Gasteiger partial charge in [-0.3, -0.25) is 0 Å². The van der Waals surface area contributed by atoms with Gasteiger partial charge < -0.3 is 14.8 Å². The predicted molar refractivity (Wildman–Crippen MR) is 80.5 cm³/mol. The summed E-state index contributed by atoms with van der Waals surface area (Å²) in [6.07, 6.45) is 0.150. The molecule has 1 amide bonds. The number of hydrogen-bond acceptors (Lipinski definition) is 6. The van der Waals surface area contributed by atoms with Crippen molar-refractivity contribution in [2.45, 2.75) is 52.7 Å². The van der Waals surface area contributed by atoms with Crippen LogP contribution in [0.5, 0.6) is 0 Å². The smallest absolute Gasteiger partial charge is 0.408 e. The van der Waals surface area contributed by atoms with Crippen LogP contribution in [0, 0.1) is 0 Å². The van der Waals surface area contributed by atoms with E-state index in [9.17, 15) is 9.59 Å². The zero-order chi connectivity index (χ0) is 16.0. The maximum absolute atomic E-state index is 11.8. The molecule has 0 saturated heterocycles. The lowest BCUT2D eigenvalue weighted by atomic mass is 10.2. The van der Waals surface area contributed by atoms with Gasteiger partial charge >= 0.3 is 12.1 Å². The number of aromatic nitrogens is 1. The minimum atomic E-state index is -0.554. The Hall–Kier alpha value is -1.63. The molecule has 6 nitrogen and oxygen atoms in total. The van der Waals surface area contributed by atoms with Crippen LogP contribution < -0.4 is 5.32 Å². The molecule has 1 aromatic rings. The molecule has 1 aromatic heterocycles. The van der Waals surface area contributed by atoms with E-state index in [0.29, 0.717) is 18.0 Å². The molecular formula is C14H22N2O4S. The first kappa shape index (κ1) is 17.4. The summed E-state index contributed by atoms with van der Waals surface area (Å²) in [7, 11) is 0. The van der Waals surface area contributed by atoms with E-state index >= 15 is 0 Å². The number of amides is 1. The van der Waals surface area contributed by atoms with Crippen LogP contribution >= 0.6 is 11.3 Å². The van der Waals surface area contributed by atoms with E-state index < -0.39 is 17.7 Å². The number of carbonyl (C=O) groups excluding carboxylic acids is 2. The first-order valence-corrected chi connectivity index (χ1v) is 7.76. The number of ether oxygens (including phenoxy) is 2. The molecule has 7 heteroatoms. The van der Waals surface area contributed by atoms with E-state index in [-0.39, 0.29) is 11.7 Å². The zero-order valence-corrected chi connectivity index (χ0v) is 13.9. The monoisotopic (exact) mass is 314 g/mol. The Balaban J connectivity index is 2.72. The van der Waals surface area contributed by atoms with Gasteiger partial charge in [0.15, 0.2) is 5.69 Å². The largest absolute Gasteiger partial charge is 0.461 e. The third kappa shape index (κ3) is 5.71. The summed E-state index contributed by atoms with van der Waals surface area (Å²) >= 11 is 1.31. The molecule has 1 atom stereocenters. The molecule has 0 saturated carbocycles. The molecule has 1 N–H and O–H groups in total. The van der Waals surface area contributed by atoms with Crippen molar-refractivity contribution in [3.8, 4) is 0 Å². The summed E-state index contributed by atoms with van der Waals surface area (Å²) in [6, 6.07) is -0.284. The highest BCUT2D eigenvalue weighted by molar-refractivity contribution is 7.09. The minimum Gasteiger partial charge on any atom is -0.461 e. The molecule has 0 fully saturated rings. The van der Waals surface area contributed by atoms with Crippen molar-refractivity contribution in [1.82, 2.24) is 10.3 Å². The highest BCUT2D eigenvalue weighted by Gasteiger charge is 2.22. The van der Waals surface area contributed by atoms with Crippen molar-refractivity contribution < 1.29 is 19.1 Å². The second-order valence-corrected chi connectivity index (χ2v) is 6.29. The fraction of sp³-hybridized carbons (Fsp3) is 0.643. The van der Waals surface area contributed by atoms with Crippen LogP contribution in [0.4, 0.5) is 4.79 Å². The summed E-state index contributed by atoms with van der Waals surface area (Å²) in [6.45, 7) is 9.37. The Morgan fingerprint density at radius 1 is 1.38 bits per heavy atom. The lowest BCUT2D eigenvalue weighted by Crippen LogP contribution is -2.34. The first-order valence-electron chi connectivity index (χ1n) is 6.88. The lowest BCUT2D eigenvalue weighted by molar-refractivity contribution is 0.0501. The Labute approximate surface area is 128 Å². The van der Waals surface area contributed by atoms with Gasteiger partial charge in [0.2, 0.25) is 0 Å². The van der Waals surface area contributed by atoms with Gasteiger partial charge in [0.05, 0.1) is 12.6 Å². The molecule has 0 unspecified atom stereocenters. The molecule has 0 aliphatic heterocycles. The normalized spacial score (nSPS) is 12.6. The van der Waals surface area contributed by atoms with Crippen LogP contribution in [0.15, 0.2) is 5.38 Å². The van der Waals surface area contributed by atoms with Crippen molar-refractivity contribution >= 4 is 23.4 Å². The van der Waals surface area contributed by atoms with Gasteiger partial charge in [-0.15, -0.1) is 11.3 Å². The molecule has 118 valence electrons. The molecule has 0 aromatic carbocycles. The van der Waals surface area contributed by atoms with E-state index in [4.69, 9.17) is 9.47 Å². The summed E-state index contributed by atoms with van der Waals surface area (Å²) in [5.41, 5.74) is -0.289. The Kier molecular flexibility index (Phi) is 6.14. The number of rotatable bonds is 5. The van der Waals surface area contributed by atoms with Crippen molar-refractivity contribution in [3.63, 3.8) is 0 Å². The van der Waals surface area contributed by atoms with Gasteiger partial charge in [-0.05, 0) is 34.1 Å². The molecule has 1 rings (SSSR count). The van der Waals surface area contributed by atoms with Gasteiger partial charge in [0, 0.05) is 5.38 Å². The maximum Gasteiger partial charge on any atom is 0.408 e. The van der Waals surface area contributed by atoms with Crippen LogP contribution in [-0.2, 0) is 9.47 Å². The Bertz CT molecular complexity index is 493. The second-order valence-electron chi connectivity index (χ2n) is 5.40. The van der Waals surface area contributed by atoms with E-state index in [1.165, 1.54) is 11.3 Å².